The van der Waals surface area contributed by atoms with Gasteiger partial charge in [0.15, 0.2) is 0 Å². The van der Waals surface area contributed by atoms with Crippen LogP contribution in [0.3, 0.4) is 0 Å². The average Bonchev–Trinajstić information content (AvgIpc) is 2.71. The molecule has 2 amide bonds. The molecule has 9 heteroatoms. The first-order valence-corrected chi connectivity index (χ1v) is 12.9. The molecule has 1 unspecified atom stereocenters. The molecule has 7 nitrogen and oxygen atoms in total. The fourth-order valence-corrected chi connectivity index (χ4v) is 4.33. The van der Waals surface area contributed by atoms with Gasteiger partial charge < -0.3 is 10.2 Å². The summed E-state index contributed by atoms with van der Waals surface area (Å²) in [6.07, 6.45) is 1.06. The fourth-order valence-electron chi connectivity index (χ4n) is 3.29. The topological polar surface area (TPSA) is 86.8 Å². The number of nitrogens with one attached hydrogen (secondary N) is 1. The van der Waals surface area contributed by atoms with Crippen LogP contribution in [-0.4, -0.2) is 50.0 Å². The van der Waals surface area contributed by atoms with E-state index in [9.17, 15) is 18.0 Å². The number of rotatable bonds is 9. The number of hydrogen-bond donors (Lipinski definition) is 1. The van der Waals surface area contributed by atoms with Gasteiger partial charge in [-0.25, -0.2) is 8.42 Å². The van der Waals surface area contributed by atoms with Gasteiger partial charge in [-0.3, -0.25) is 13.9 Å². The lowest BCUT2D eigenvalue weighted by atomic mass is 10.1. The highest BCUT2D eigenvalue weighted by atomic mass is 35.5. The van der Waals surface area contributed by atoms with Gasteiger partial charge in [-0.1, -0.05) is 35.9 Å². The smallest absolute Gasteiger partial charge is 0.244 e. The molecule has 0 aliphatic heterocycles. The SMILES string of the molecule is Cc1ccc(N(CC(=O)N(Cc2ccccc2Cl)C(C)C(=O)NC(C)C)S(C)(=O)=O)cc1C. The molecule has 180 valence electrons. The number of sulfonamides is 1. The van der Waals surface area contributed by atoms with Crippen LogP contribution < -0.4 is 9.62 Å². The van der Waals surface area contributed by atoms with Crippen molar-refractivity contribution in [3.63, 3.8) is 0 Å². The number of benzene rings is 2. The van der Waals surface area contributed by atoms with Crippen molar-refractivity contribution in [3.8, 4) is 0 Å². The highest BCUT2D eigenvalue weighted by Gasteiger charge is 2.30. The van der Waals surface area contributed by atoms with Gasteiger partial charge >= 0.3 is 0 Å². The number of carbonyl (C=O) groups excluding carboxylic acids is 2. The summed E-state index contributed by atoms with van der Waals surface area (Å²) in [5, 5.41) is 3.27. The molecule has 2 aromatic rings. The van der Waals surface area contributed by atoms with E-state index in [1.807, 2.05) is 33.8 Å². The maximum atomic E-state index is 13.5. The van der Waals surface area contributed by atoms with Crippen molar-refractivity contribution in [2.24, 2.45) is 0 Å². The van der Waals surface area contributed by atoms with Crippen molar-refractivity contribution in [3.05, 3.63) is 64.2 Å². The Labute approximate surface area is 201 Å². The van der Waals surface area contributed by atoms with Crippen molar-refractivity contribution < 1.29 is 18.0 Å². The van der Waals surface area contributed by atoms with Gasteiger partial charge in [0.05, 0.1) is 11.9 Å². The van der Waals surface area contributed by atoms with Crippen molar-refractivity contribution in [1.82, 2.24) is 10.2 Å². The largest absolute Gasteiger partial charge is 0.352 e. The monoisotopic (exact) mass is 493 g/mol. The molecule has 0 spiro atoms. The van der Waals surface area contributed by atoms with Crippen LogP contribution in [0.15, 0.2) is 42.5 Å². The molecule has 0 saturated heterocycles. The molecule has 0 aliphatic carbocycles. The Morgan fingerprint density at radius 3 is 2.21 bits per heavy atom. The van der Waals surface area contributed by atoms with Gasteiger partial charge in [-0.2, -0.15) is 0 Å². The second-order valence-corrected chi connectivity index (χ2v) is 10.8. The van der Waals surface area contributed by atoms with Gasteiger partial charge in [-0.15, -0.1) is 0 Å². The summed E-state index contributed by atoms with van der Waals surface area (Å²) in [5.74, 6) is -0.840. The predicted octanol–water partition coefficient (Wildman–Crippen LogP) is 3.66. The Bertz CT molecular complexity index is 1120. The summed E-state index contributed by atoms with van der Waals surface area (Å²) in [5.41, 5.74) is 2.98. The van der Waals surface area contributed by atoms with Gasteiger partial charge in [0.1, 0.15) is 12.6 Å². The highest BCUT2D eigenvalue weighted by molar-refractivity contribution is 7.92. The normalized spacial score (nSPS) is 12.4. The van der Waals surface area contributed by atoms with Crippen LogP contribution in [0.1, 0.15) is 37.5 Å². The molecule has 0 bridgehead atoms. The van der Waals surface area contributed by atoms with E-state index in [0.717, 1.165) is 21.7 Å². The molecule has 0 saturated carbocycles. The zero-order valence-corrected chi connectivity index (χ0v) is 21.5. The van der Waals surface area contributed by atoms with Gasteiger partial charge in [0.2, 0.25) is 21.8 Å². The molecule has 0 heterocycles. The maximum absolute atomic E-state index is 13.5. The molecule has 1 atom stereocenters. The number of aryl methyl sites for hydroxylation is 2. The van der Waals surface area contributed by atoms with Crippen LogP contribution in [0.2, 0.25) is 5.02 Å². The van der Waals surface area contributed by atoms with E-state index in [1.54, 1.807) is 43.3 Å². The Kier molecular flexibility index (Phi) is 8.91. The number of nitrogens with zero attached hydrogens (tertiary/aromatic N) is 2. The van der Waals surface area contributed by atoms with Gasteiger partial charge in [0, 0.05) is 17.6 Å². The van der Waals surface area contributed by atoms with E-state index in [-0.39, 0.29) is 18.5 Å². The lowest BCUT2D eigenvalue weighted by Gasteiger charge is -2.32. The van der Waals surface area contributed by atoms with E-state index >= 15 is 0 Å². The van der Waals surface area contributed by atoms with Gasteiger partial charge in [-0.05, 0) is 69.5 Å². The minimum absolute atomic E-state index is 0.0652. The van der Waals surface area contributed by atoms with E-state index in [4.69, 9.17) is 11.6 Å². The molecule has 0 radical (unpaired) electrons. The van der Waals surface area contributed by atoms with E-state index in [2.05, 4.69) is 5.32 Å². The second kappa shape index (κ2) is 11.0. The van der Waals surface area contributed by atoms with Crippen molar-refractivity contribution in [2.75, 3.05) is 17.1 Å². The Balaban J connectivity index is 2.43. The summed E-state index contributed by atoms with van der Waals surface area (Å²) >= 11 is 6.30. The predicted molar refractivity (Wildman–Crippen MR) is 133 cm³/mol. The Morgan fingerprint density at radius 2 is 1.67 bits per heavy atom. The van der Waals surface area contributed by atoms with Crippen LogP contribution in [0.25, 0.3) is 0 Å². The molecule has 0 fully saturated rings. The summed E-state index contributed by atoms with van der Waals surface area (Å²) in [7, 11) is -3.76. The summed E-state index contributed by atoms with van der Waals surface area (Å²) in [4.78, 5) is 27.6. The third kappa shape index (κ3) is 7.20. The van der Waals surface area contributed by atoms with Crippen molar-refractivity contribution in [1.29, 1.82) is 0 Å². The molecular formula is C24H32ClN3O4S. The maximum Gasteiger partial charge on any atom is 0.244 e. The lowest BCUT2D eigenvalue weighted by molar-refractivity contribution is -0.139. The lowest BCUT2D eigenvalue weighted by Crippen LogP contribution is -2.52. The van der Waals surface area contributed by atoms with E-state index in [1.165, 1.54) is 4.90 Å². The Hall–Kier alpha value is -2.58. The third-order valence-corrected chi connectivity index (χ3v) is 6.86. The summed E-state index contributed by atoms with van der Waals surface area (Å²) in [6, 6.07) is 11.3. The molecular weight excluding hydrogens is 462 g/mol. The van der Waals surface area contributed by atoms with Crippen LogP contribution >= 0.6 is 11.6 Å². The average molecular weight is 494 g/mol. The van der Waals surface area contributed by atoms with Crippen LogP contribution in [0.4, 0.5) is 5.69 Å². The number of hydrogen-bond acceptors (Lipinski definition) is 4. The van der Waals surface area contributed by atoms with Crippen molar-refractivity contribution in [2.45, 2.75) is 53.2 Å². The van der Waals surface area contributed by atoms with Crippen LogP contribution in [0.5, 0.6) is 0 Å². The third-order valence-electron chi connectivity index (χ3n) is 5.35. The van der Waals surface area contributed by atoms with Crippen LogP contribution in [-0.2, 0) is 26.2 Å². The highest BCUT2D eigenvalue weighted by Crippen LogP contribution is 2.23. The first kappa shape index (κ1) is 26.7. The van der Waals surface area contributed by atoms with E-state index < -0.39 is 28.5 Å². The number of carbonyl (C=O) groups is 2. The number of anilines is 1. The zero-order valence-electron chi connectivity index (χ0n) is 19.9. The molecule has 0 aliphatic rings. The van der Waals surface area contributed by atoms with Crippen LogP contribution in [0, 0.1) is 13.8 Å². The summed E-state index contributed by atoms with van der Waals surface area (Å²) in [6.45, 7) is 8.71. The Morgan fingerprint density at radius 1 is 1.03 bits per heavy atom. The minimum Gasteiger partial charge on any atom is -0.352 e. The quantitative estimate of drug-likeness (QED) is 0.577. The fraction of sp³-hybridized carbons (Fsp3) is 0.417. The molecule has 33 heavy (non-hydrogen) atoms. The zero-order chi connectivity index (χ0) is 24.9. The van der Waals surface area contributed by atoms with Gasteiger partial charge in [0.25, 0.3) is 0 Å². The molecule has 0 aromatic heterocycles. The number of halogens is 1. The first-order valence-electron chi connectivity index (χ1n) is 10.7. The molecule has 1 N–H and O–H groups in total. The first-order chi connectivity index (χ1) is 15.3. The number of amides is 2. The standard InChI is InChI=1S/C24H32ClN3O4S/c1-16(2)26-24(30)19(5)27(14-20-9-7-8-10-22(20)25)23(29)15-28(33(6,31)32)21-12-11-17(3)18(4)13-21/h7-13,16,19H,14-15H2,1-6H3,(H,26,30). The molecule has 2 aromatic carbocycles. The molecule has 2 rings (SSSR count). The van der Waals surface area contributed by atoms with E-state index in [0.29, 0.717) is 16.3 Å². The second-order valence-electron chi connectivity index (χ2n) is 8.49. The van der Waals surface area contributed by atoms with Crippen molar-refractivity contribution >= 4 is 39.1 Å². The minimum atomic E-state index is -3.76. The summed E-state index contributed by atoms with van der Waals surface area (Å²) < 4.78 is 26.3.